The molecule has 0 radical (unpaired) electrons. The molecule has 2 atom stereocenters. The summed E-state index contributed by atoms with van der Waals surface area (Å²) in [5, 5.41) is 3.99. The Morgan fingerprint density at radius 1 is 1.08 bits per heavy atom. The average Bonchev–Trinajstić information content (AvgIpc) is 3.39. The van der Waals surface area contributed by atoms with Gasteiger partial charge in [0.05, 0.1) is 42.5 Å². The van der Waals surface area contributed by atoms with Gasteiger partial charge in [0, 0.05) is 27.7 Å². The van der Waals surface area contributed by atoms with Crippen LogP contribution in [0.2, 0.25) is 0 Å². The first kappa shape index (κ1) is 27.2. The van der Waals surface area contributed by atoms with E-state index in [1.165, 1.54) is 7.11 Å². The average molecular weight is 627 g/mol. The van der Waals surface area contributed by atoms with E-state index in [1.807, 2.05) is 47.4 Å². The molecule has 1 fully saturated rings. The number of aromatic nitrogens is 2. The van der Waals surface area contributed by atoms with E-state index in [0.29, 0.717) is 22.2 Å². The Bertz CT molecular complexity index is 1660. The first-order chi connectivity index (χ1) is 18.6. The van der Waals surface area contributed by atoms with E-state index in [1.54, 1.807) is 18.3 Å². The van der Waals surface area contributed by atoms with Gasteiger partial charge in [-0.15, -0.1) is 0 Å². The highest BCUT2D eigenvalue weighted by molar-refractivity contribution is 9.10. The molecular weight excluding hydrogens is 598 g/mol. The fourth-order valence-corrected chi connectivity index (χ4v) is 6.53. The number of pyridine rings is 1. The maximum absolute atomic E-state index is 12.1. The Hall–Kier alpha value is -3.41. The van der Waals surface area contributed by atoms with Crippen molar-refractivity contribution in [3.8, 4) is 11.4 Å². The lowest BCUT2D eigenvalue weighted by atomic mass is 9.96. The minimum atomic E-state index is -3.54. The zero-order valence-electron chi connectivity index (χ0n) is 21.8. The summed E-state index contributed by atoms with van der Waals surface area (Å²) in [6.07, 6.45) is 2.88. The van der Waals surface area contributed by atoms with Crippen LogP contribution >= 0.6 is 28.1 Å². The molecule has 2 N–H and O–H groups in total. The molecule has 202 valence electrons. The third-order valence-electron chi connectivity index (χ3n) is 6.74. The summed E-state index contributed by atoms with van der Waals surface area (Å²) < 4.78 is 35.4. The maximum Gasteiger partial charge on any atom is 0.229 e. The molecule has 0 aliphatic carbocycles. The van der Waals surface area contributed by atoms with Crippen molar-refractivity contribution in [1.29, 1.82) is 0 Å². The molecule has 0 spiro atoms. The highest BCUT2D eigenvalue weighted by Gasteiger charge is 2.42. The van der Waals surface area contributed by atoms with Crippen LogP contribution in [0.15, 0.2) is 77.4 Å². The van der Waals surface area contributed by atoms with Gasteiger partial charge in [-0.1, -0.05) is 18.2 Å². The van der Waals surface area contributed by atoms with Gasteiger partial charge in [0.25, 0.3) is 0 Å². The number of methoxy groups -OCH3 is 1. The fourth-order valence-electron chi connectivity index (χ4n) is 5.17. The van der Waals surface area contributed by atoms with Crippen LogP contribution in [0.5, 0.6) is 5.75 Å². The van der Waals surface area contributed by atoms with E-state index >= 15 is 0 Å². The summed E-state index contributed by atoms with van der Waals surface area (Å²) in [6, 6.07) is 20.9. The second-order valence-electron chi connectivity index (χ2n) is 9.37. The van der Waals surface area contributed by atoms with Gasteiger partial charge in [0.15, 0.2) is 5.11 Å². The first-order valence-corrected chi connectivity index (χ1v) is 15.3. The van der Waals surface area contributed by atoms with Gasteiger partial charge in [0.1, 0.15) is 5.75 Å². The zero-order valence-corrected chi connectivity index (χ0v) is 25.1. The number of nitrogens with zero attached hydrogens (tertiary/aromatic N) is 3. The summed E-state index contributed by atoms with van der Waals surface area (Å²) in [7, 11) is -2.04. The van der Waals surface area contributed by atoms with E-state index in [2.05, 4.69) is 61.5 Å². The van der Waals surface area contributed by atoms with Crippen LogP contribution in [0.1, 0.15) is 34.7 Å². The molecule has 1 aliphatic heterocycles. The minimum absolute atomic E-state index is 0.250. The fraction of sp³-hybridized carbons (Fsp3) is 0.214. The SMILES string of the molecule is COc1ccc(N2C(=S)N[C@H](c3ccccn3)[C@@H]2c2cc(C)n(-c3ccccc3Br)c2C)cc1NS(C)(=O)=O. The lowest BCUT2D eigenvalue weighted by Gasteiger charge is -2.29. The maximum atomic E-state index is 12.1. The topological polar surface area (TPSA) is 88.5 Å². The number of hydrogen-bond donors (Lipinski definition) is 2. The quantitative estimate of drug-likeness (QED) is 0.251. The van der Waals surface area contributed by atoms with Gasteiger partial charge in [-0.25, -0.2) is 8.42 Å². The van der Waals surface area contributed by atoms with E-state index in [9.17, 15) is 8.42 Å². The second-order valence-corrected chi connectivity index (χ2v) is 12.4. The number of rotatable bonds is 7. The number of anilines is 2. The standard InChI is InChI=1S/C28H28BrN5O3S2/c1-17-15-20(18(2)33(17)24-11-6-5-9-21(24)29)27-26(22-10-7-8-14-30-22)31-28(38)34(27)19-12-13-25(37-3)23(16-19)32-39(4,35)36/h5-16,26-27,32H,1-4H3,(H,31,38)/t26-,27+/m1/s1. The number of halogens is 1. The van der Waals surface area contributed by atoms with Crippen LogP contribution in [0.4, 0.5) is 11.4 Å². The van der Waals surface area contributed by atoms with Crippen LogP contribution in [0.25, 0.3) is 5.69 Å². The molecule has 0 saturated carbocycles. The van der Waals surface area contributed by atoms with Gasteiger partial charge in [-0.2, -0.15) is 0 Å². The molecule has 5 rings (SSSR count). The Kier molecular flexibility index (Phi) is 7.41. The van der Waals surface area contributed by atoms with Crippen LogP contribution in [-0.4, -0.2) is 36.4 Å². The Labute approximate surface area is 242 Å². The summed E-state index contributed by atoms with van der Waals surface area (Å²) in [4.78, 5) is 6.67. The molecule has 4 aromatic rings. The molecule has 0 unspecified atom stereocenters. The van der Waals surface area contributed by atoms with E-state index in [4.69, 9.17) is 17.0 Å². The molecule has 1 saturated heterocycles. The van der Waals surface area contributed by atoms with Crippen molar-refractivity contribution in [2.24, 2.45) is 0 Å². The zero-order chi connectivity index (χ0) is 27.9. The molecule has 2 aromatic heterocycles. The van der Waals surface area contributed by atoms with Crippen molar-refractivity contribution >= 4 is 54.7 Å². The summed E-state index contributed by atoms with van der Waals surface area (Å²) >= 11 is 9.59. The number of thiocarbonyl (C=S) groups is 1. The number of benzene rings is 2. The van der Waals surface area contributed by atoms with Crippen LogP contribution in [0.3, 0.4) is 0 Å². The van der Waals surface area contributed by atoms with Crippen molar-refractivity contribution < 1.29 is 13.2 Å². The third-order valence-corrected chi connectivity index (χ3v) is 8.31. The normalized spacial score (nSPS) is 17.3. The highest BCUT2D eigenvalue weighted by atomic mass is 79.9. The molecule has 11 heteroatoms. The van der Waals surface area contributed by atoms with E-state index in [-0.39, 0.29) is 12.1 Å². The van der Waals surface area contributed by atoms with Crippen molar-refractivity contribution in [3.05, 3.63) is 100 Å². The Morgan fingerprint density at radius 2 is 1.82 bits per heavy atom. The van der Waals surface area contributed by atoms with Crippen molar-refractivity contribution in [3.63, 3.8) is 0 Å². The van der Waals surface area contributed by atoms with Gasteiger partial charge in [0.2, 0.25) is 10.0 Å². The van der Waals surface area contributed by atoms with Crippen LogP contribution in [0, 0.1) is 13.8 Å². The summed E-state index contributed by atoms with van der Waals surface area (Å²) in [5.74, 6) is 0.409. The third kappa shape index (κ3) is 5.26. The molecule has 2 aromatic carbocycles. The lowest BCUT2D eigenvalue weighted by molar-refractivity contribution is 0.417. The number of aryl methyl sites for hydroxylation is 1. The smallest absolute Gasteiger partial charge is 0.229 e. The molecule has 8 nitrogen and oxygen atoms in total. The molecule has 3 heterocycles. The highest BCUT2D eigenvalue weighted by Crippen LogP contribution is 2.45. The second kappa shape index (κ2) is 10.6. The first-order valence-electron chi connectivity index (χ1n) is 12.2. The number of para-hydroxylation sites is 1. The van der Waals surface area contributed by atoms with Crippen LogP contribution in [-0.2, 0) is 10.0 Å². The monoisotopic (exact) mass is 625 g/mol. The van der Waals surface area contributed by atoms with Gasteiger partial charge >= 0.3 is 0 Å². The number of nitrogens with one attached hydrogen (secondary N) is 2. The summed E-state index contributed by atoms with van der Waals surface area (Å²) in [6.45, 7) is 4.18. The molecule has 0 bridgehead atoms. The van der Waals surface area contributed by atoms with E-state index < -0.39 is 10.0 Å². The molecule has 1 aliphatic rings. The largest absolute Gasteiger partial charge is 0.495 e. The van der Waals surface area contributed by atoms with Crippen molar-refractivity contribution in [2.45, 2.75) is 25.9 Å². The lowest BCUT2D eigenvalue weighted by Crippen LogP contribution is -2.29. The van der Waals surface area contributed by atoms with Crippen LogP contribution < -0.4 is 19.7 Å². The predicted molar refractivity (Wildman–Crippen MR) is 162 cm³/mol. The van der Waals surface area contributed by atoms with Crippen molar-refractivity contribution in [2.75, 3.05) is 23.0 Å². The molecule has 0 amide bonds. The minimum Gasteiger partial charge on any atom is -0.495 e. The Morgan fingerprint density at radius 3 is 2.49 bits per heavy atom. The number of ether oxygens (including phenoxy) is 1. The Balaban J connectivity index is 1.69. The number of hydrogen-bond acceptors (Lipinski definition) is 5. The van der Waals surface area contributed by atoms with Gasteiger partial charge in [-0.3, -0.25) is 9.71 Å². The van der Waals surface area contributed by atoms with Gasteiger partial charge < -0.3 is 19.5 Å². The summed E-state index contributed by atoms with van der Waals surface area (Å²) in [5.41, 5.74) is 6.14. The van der Waals surface area contributed by atoms with Crippen molar-refractivity contribution in [1.82, 2.24) is 14.9 Å². The molecular formula is C28H28BrN5O3S2. The predicted octanol–water partition coefficient (Wildman–Crippen LogP) is 5.81. The van der Waals surface area contributed by atoms with Gasteiger partial charge in [-0.05, 0) is 96.1 Å². The number of sulfonamides is 1. The van der Waals surface area contributed by atoms with E-state index in [0.717, 1.165) is 39.1 Å². The molecule has 39 heavy (non-hydrogen) atoms.